The minimum Gasteiger partial charge on any atom is -0.333 e. The Hall–Kier alpha value is -2.90. The second-order valence-electron chi connectivity index (χ2n) is 6.66. The van der Waals surface area contributed by atoms with Gasteiger partial charge in [-0.15, -0.1) is 0 Å². The fourth-order valence-electron chi connectivity index (χ4n) is 3.46. The molecule has 1 saturated heterocycles. The summed E-state index contributed by atoms with van der Waals surface area (Å²) in [4.78, 5) is 20.3. The van der Waals surface area contributed by atoms with Crippen molar-refractivity contribution in [1.82, 2.24) is 15.2 Å². The number of rotatable bonds is 5. The molecule has 1 aromatic rings. The van der Waals surface area contributed by atoms with Gasteiger partial charge in [0.1, 0.15) is 17.9 Å². The summed E-state index contributed by atoms with van der Waals surface area (Å²) in [5.74, 6) is 0.797. The zero-order valence-corrected chi connectivity index (χ0v) is 14.9. The molecule has 2 atom stereocenters. The molecule has 0 saturated carbocycles. The van der Waals surface area contributed by atoms with Gasteiger partial charge in [0.25, 0.3) is 0 Å². The van der Waals surface area contributed by atoms with E-state index in [1.807, 2.05) is 18.0 Å². The van der Waals surface area contributed by atoms with Crippen molar-refractivity contribution in [3.8, 4) is 12.1 Å². The summed E-state index contributed by atoms with van der Waals surface area (Å²) in [6.07, 6.45) is 7.06. The first kappa shape index (κ1) is 17.9. The molecular weight excluding hydrogens is 328 g/mol. The quantitative estimate of drug-likeness (QED) is 0.865. The number of pyridine rings is 1. The number of nitrogens with one attached hydrogen (secondary N) is 1. The van der Waals surface area contributed by atoms with Crippen molar-refractivity contribution in [1.29, 1.82) is 10.5 Å². The van der Waals surface area contributed by atoms with Crippen molar-refractivity contribution in [3.63, 3.8) is 0 Å². The maximum absolute atomic E-state index is 12.3. The third-order valence-electron chi connectivity index (χ3n) is 5.01. The second-order valence-corrected chi connectivity index (χ2v) is 6.66. The average Bonchev–Trinajstić information content (AvgIpc) is 3.34. The summed E-state index contributed by atoms with van der Waals surface area (Å²) < 4.78 is 0. The van der Waals surface area contributed by atoms with Gasteiger partial charge in [-0.3, -0.25) is 4.79 Å². The van der Waals surface area contributed by atoms with E-state index in [4.69, 9.17) is 10.5 Å². The lowest BCUT2D eigenvalue weighted by molar-refractivity contribution is -0.130. The first-order valence-electron chi connectivity index (χ1n) is 8.83. The second kappa shape index (κ2) is 7.99. The Balaban J connectivity index is 1.49. The van der Waals surface area contributed by atoms with Gasteiger partial charge in [0.15, 0.2) is 0 Å². The van der Waals surface area contributed by atoms with Crippen LogP contribution in [0.15, 0.2) is 30.1 Å². The monoisotopic (exact) mass is 350 g/mol. The van der Waals surface area contributed by atoms with Gasteiger partial charge in [0.05, 0.1) is 18.2 Å². The Kier molecular flexibility index (Phi) is 5.50. The molecule has 0 unspecified atom stereocenters. The van der Waals surface area contributed by atoms with E-state index in [0.717, 1.165) is 37.2 Å². The average molecular weight is 350 g/mol. The third-order valence-corrected chi connectivity index (χ3v) is 5.01. The Bertz CT molecular complexity index is 773. The van der Waals surface area contributed by atoms with Gasteiger partial charge < -0.3 is 15.1 Å². The molecule has 3 rings (SSSR count). The van der Waals surface area contributed by atoms with Gasteiger partial charge >= 0.3 is 0 Å². The fourth-order valence-corrected chi connectivity index (χ4v) is 3.46. The van der Waals surface area contributed by atoms with Crippen LogP contribution in [0.1, 0.15) is 31.2 Å². The summed E-state index contributed by atoms with van der Waals surface area (Å²) in [6.45, 7) is 0.947. The normalized spacial score (nSPS) is 21.8. The van der Waals surface area contributed by atoms with E-state index in [1.165, 1.54) is 0 Å². The summed E-state index contributed by atoms with van der Waals surface area (Å²) in [5.41, 5.74) is 1.68. The predicted molar refractivity (Wildman–Crippen MR) is 96.8 cm³/mol. The first-order chi connectivity index (χ1) is 12.6. The summed E-state index contributed by atoms with van der Waals surface area (Å²) in [5, 5.41) is 21.3. The van der Waals surface area contributed by atoms with Crippen molar-refractivity contribution in [2.75, 3.05) is 25.0 Å². The van der Waals surface area contributed by atoms with Crippen molar-refractivity contribution in [2.24, 2.45) is 0 Å². The number of anilines is 1. The molecule has 2 aliphatic rings. The van der Waals surface area contributed by atoms with Gasteiger partial charge in [-0.25, -0.2) is 4.98 Å². The van der Waals surface area contributed by atoms with E-state index in [9.17, 15) is 4.79 Å². The molecule has 0 aromatic carbocycles. The zero-order chi connectivity index (χ0) is 18.5. The molecule has 1 aliphatic carbocycles. The van der Waals surface area contributed by atoms with Crippen LogP contribution in [0.5, 0.6) is 0 Å². The molecule has 1 aliphatic heterocycles. The van der Waals surface area contributed by atoms with Gasteiger partial charge in [0.2, 0.25) is 5.91 Å². The molecule has 1 fully saturated rings. The maximum Gasteiger partial charge on any atom is 0.237 e. The summed E-state index contributed by atoms with van der Waals surface area (Å²) in [7, 11) is 1.95. The zero-order valence-electron chi connectivity index (χ0n) is 14.9. The molecule has 0 bridgehead atoms. The molecule has 0 spiro atoms. The molecule has 1 aromatic heterocycles. The van der Waals surface area contributed by atoms with E-state index >= 15 is 0 Å². The number of carbonyl (C=O) groups is 1. The molecular formula is C19H22N6O. The highest BCUT2D eigenvalue weighted by Gasteiger charge is 2.29. The number of hydrogen-bond donors (Lipinski definition) is 1. The number of amides is 1. The minimum absolute atomic E-state index is 0.00427. The number of nitrogens with zero attached hydrogens (tertiary/aromatic N) is 5. The van der Waals surface area contributed by atoms with Crippen LogP contribution < -0.4 is 10.2 Å². The molecule has 7 nitrogen and oxygen atoms in total. The lowest BCUT2D eigenvalue weighted by Gasteiger charge is -2.23. The molecule has 134 valence electrons. The Morgan fingerprint density at radius 3 is 3.00 bits per heavy atom. The van der Waals surface area contributed by atoms with Gasteiger partial charge in [-0.2, -0.15) is 10.5 Å². The standard InChI is InChI=1S/C19H22N6O/c1-24(18-7-4-14(10-20)12-23-18)16-6-5-15(9-16)22-13-19(26)25-8-2-3-17(25)11-21/h4,6-7,12,15,17,22H,2-3,5,8-9,13H2,1H3/t15-,17-/m0/s1. The molecule has 1 N–H and O–H groups in total. The minimum atomic E-state index is -0.268. The summed E-state index contributed by atoms with van der Waals surface area (Å²) >= 11 is 0. The Labute approximate surface area is 153 Å². The van der Waals surface area contributed by atoms with Crippen LogP contribution in [0.2, 0.25) is 0 Å². The smallest absolute Gasteiger partial charge is 0.237 e. The number of nitriles is 2. The van der Waals surface area contributed by atoms with Gasteiger partial charge in [0, 0.05) is 37.9 Å². The highest BCUT2D eigenvalue weighted by Crippen LogP contribution is 2.25. The lowest BCUT2D eigenvalue weighted by Crippen LogP contribution is -2.43. The van der Waals surface area contributed by atoms with E-state index in [2.05, 4.69) is 28.5 Å². The Morgan fingerprint density at radius 2 is 2.31 bits per heavy atom. The number of aromatic nitrogens is 1. The number of carbonyl (C=O) groups excluding carboxylic acids is 1. The van der Waals surface area contributed by atoms with Gasteiger partial charge in [-0.1, -0.05) is 6.08 Å². The van der Waals surface area contributed by atoms with E-state index in [0.29, 0.717) is 12.1 Å². The Morgan fingerprint density at radius 1 is 1.46 bits per heavy atom. The van der Waals surface area contributed by atoms with Crippen LogP contribution >= 0.6 is 0 Å². The van der Waals surface area contributed by atoms with Crippen LogP contribution in [-0.2, 0) is 4.79 Å². The maximum atomic E-state index is 12.3. The first-order valence-corrected chi connectivity index (χ1v) is 8.83. The van der Waals surface area contributed by atoms with Gasteiger partial charge in [-0.05, 0) is 31.4 Å². The van der Waals surface area contributed by atoms with Crippen LogP contribution in [0, 0.1) is 22.7 Å². The molecule has 1 amide bonds. The van der Waals surface area contributed by atoms with Crippen LogP contribution in [0.3, 0.4) is 0 Å². The molecule has 0 radical (unpaired) electrons. The lowest BCUT2D eigenvalue weighted by atomic mass is 10.2. The summed E-state index contributed by atoms with van der Waals surface area (Å²) in [6, 6.07) is 7.79. The predicted octanol–water partition coefficient (Wildman–Crippen LogP) is 1.54. The molecule has 2 heterocycles. The van der Waals surface area contributed by atoms with Crippen LogP contribution in [0.25, 0.3) is 0 Å². The van der Waals surface area contributed by atoms with Crippen molar-refractivity contribution >= 4 is 11.7 Å². The third kappa shape index (κ3) is 3.84. The van der Waals surface area contributed by atoms with E-state index in [-0.39, 0.29) is 24.5 Å². The van der Waals surface area contributed by atoms with Crippen LogP contribution in [0.4, 0.5) is 5.82 Å². The molecule has 26 heavy (non-hydrogen) atoms. The highest BCUT2D eigenvalue weighted by atomic mass is 16.2. The fraction of sp³-hybridized carbons (Fsp3) is 0.474. The van der Waals surface area contributed by atoms with E-state index < -0.39 is 0 Å². The number of likely N-dealkylation sites (tertiary alicyclic amines) is 1. The van der Waals surface area contributed by atoms with E-state index in [1.54, 1.807) is 17.2 Å². The van der Waals surface area contributed by atoms with Crippen molar-refractivity contribution < 1.29 is 4.79 Å². The SMILES string of the molecule is CN(C1=CC[C@H](NCC(=O)N2CCC[C@H]2C#N)C1)c1ccc(C#N)cn1. The van der Waals surface area contributed by atoms with Crippen molar-refractivity contribution in [3.05, 3.63) is 35.7 Å². The number of hydrogen-bond acceptors (Lipinski definition) is 6. The van der Waals surface area contributed by atoms with Crippen LogP contribution in [-0.4, -0.2) is 48.0 Å². The molecule has 7 heteroatoms. The topological polar surface area (TPSA) is 96.0 Å². The van der Waals surface area contributed by atoms with Crippen molar-refractivity contribution in [2.45, 2.75) is 37.8 Å². The highest BCUT2D eigenvalue weighted by molar-refractivity contribution is 5.79. The largest absolute Gasteiger partial charge is 0.333 e.